The predicted molar refractivity (Wildman–Crippen MR) is 100 cm³/mol. The van der Waals surface area contributed by atoms with Crippen molar-refractivity contribution in [3.05, 3.63) is 41.1 Å². The van der Waals surface area contributed by atoms with Gasteiger partial charge in [0.2, 0.25) is 0 Å². The van der Waals surface area contributed by atoms with Gasteiger partial charge in [0.05, 0.1) is 17.2 Å². The molecule has 5 nitrogen and oxygen atoms in total. The van der Waals surface area contributed by atoms with Crippen molar-refractivity contribution in [2.24, 2.45) is 0 Å². The minimum Gasteiger partial charge on any atom is -0.390 e. The van der Waals surface area contributed by atoms with Crippen LogP contribution < -0.4 is 0 Å². The fraction of sp³-hybridized carbons (Fsp3) is 0.524. The van der Waals surface area contributed by atoms with Gasteiger partial charge in [-0.3, -0.25) is 9.78 Å². The third-order valence-electron chi connectivity index (χ3n) is 5.91. The second-order valence-electron chi connectivity index (χ2n) is 7.68. The smallest absolute Gasteiger partial charge is 0.253 e. The summed E-state index contributed by atoms with van der Waals surface area (Å²) < 4.78 is 5.94. The first-order chi connectivity index (χ1) is 12.5. The largest absolute Gasteiger partial charge is 0.390 e. The molecule has 1 aromatic carbocycles. The van der Waals surface area contributed by atoms with Crippen LogP contribution in [-0.2, 0) is 4.74 Å². The van der Waals surface area contributed by atoms with Gasteiger partial charge >= 0.3 is 0 Å². The number of benzene rings is 1. The Bertz CT molecular complexity index is 841. The number of rotatable bonds is 1. The van der Waals surface area contributed by atoms with E-state index in [2.05, 4.69) is 18.0 Å². The lowest BCUT2D eigenvalue weighted by molar-refractivity contribution is -0.174. The molecule has 2 fully saturated rings. The number of aromatic nitrogens is 1. The van der Waals surface area contributed by atoms with E-state index in [1.54, 1.807) is 0 Å². The maximum atomic E-state index is 13.0. The Kier molecular flexibility index (Phi) is 4.45. The van der Waals surface area contributed by atoms with Gasteiger partial charge in [0.25, 0.3) is 5.91 Å². The van der Waals surface area contributed by atoms with Crippen LogP contribution in [0, 0.1) is 13.8 Å². The van der Waals surface area contributed by atoms with Crippen LogP contribution in [0.25, 0.3) is 10.9 Å². The van der Waals surface area contributed by atoms with Crippen molar-refractivity contribution < 1.29 is 14.6 Å². The number of aliphatic hydroxyl groups excluding tert-OH is 1. The van der Waals surface area contributed by atoms with Gasteiger partial charge in [-0.2, -0.15) is 0 Å². The zero-order chi connectivity index (χ0) is 18.3. The molecule has 2 aromatic rings. The molecule has 1 amide bonds. The number of carbonyl (C=O) groups excluding carboxylic acids is 1. The van der Waals surface area contributed by atoms with Crippen molar-refractivity contribution in [1.82, 2.24) is 9.88 Å². The number of hydrogen-bond donors (Lipinski definition) is 1. The quantitative estimate of drug-likeness (QED) is 0.855. The van der Waals surface area contributed by atoms with Crippen LogP contribution in [-0.4, -0.2) is 52.3 Å². The van der Waals surface area contributed by atoms with Crippen LogP contribution in [0.2, 0.25) is 0 Å². The van der Waals surface area contributed by atoms with E-state index < -0.39 is 11.7 Å². The number of ether oxygens (including phenoxy) is 1. The third kappa shape index (κ3) is 2.99. The van der Waals surface area contributed by atoms with Crippen LogP contribution in [0.15, 0.2) is 24.3 Å². The average molecular weight is 354 g/mol. The lowest BCUT2D eigenvalue weighted by Gasteiger charge is -2.46. The van der Waals surface area contributed by atoms with E-state index in [0.29, 0.717) is 38.1 Å². The summed E-state index contributed by atoms with van der Waals surface area (Å²) in [5.41, 5.74) is 3.23. The van der Waals surface area contributed by atoms with Gasteiger partial charge < -0.3 is 14.7 Å². The molecule has 2 aliphatic rings. The predicted octanol–water partition coefficient (Wildman–Crippen LogP) is 3.00. The Morgan fingerprint density at radius 2 is 2.04 bits per heavy atom. The summed E-state index contributed by atoms with van der Waals surface area (Å²) in [7, 11) is 0. The molecule has 4 rings (SSSR count). The molecule has 2 aliphatic heterocycles. The van der Waals surface area contributed by atoms with Gasteiger partial charge in [-0.15, -0.1) is 0 Å². The number of aliphatic hydroxyl groups is 1. The second kappa shape index (κ2) is 6.63. The van der Waals surface area contributed by atoms with E-state index in [0.717, 1.165) is 29.4 Å². The number of piperidine rings is 1. The summed E-state index contributed by atoms with van der Waals surface area (Å²) in [5.74, 6) is 0.0352. The number of hydrogen-bond acceptors (Lipinski definition) is 4. The zero-order valence-corrected chi connectivity index (χ0v) is 15.5. The van der Waals surface area contributed by atoms with Crippen molar-refractivity contribution in [2.75, 3.05) is 19.7 Å². The molecule has 0 aliphatic carbocycles. The molecule has 1 aromatic heterocycles. The number of likely N-dealkylation sites (tertiary alicyclic amines) is 1. The van der Waals surface area contributed by atoms with Crippen LogP contribution in [0.5, 0.6) is 0 Å². The summed E-state index contributed by atoms with van der Waals surface area (Å²) in [6, 6.07) is 7.84. The monoisotopic (exact) mass is 354 g/mol. The molecule has 138 valence electrons. The number of aryl methyl sites for hydroxylation is 2. The molecule has 0 unspecified atom stereocenters. The van der Waals surface area contributed by atoms with Crippen molar-refractivity contribution in [3.63, 3.8) is 0 Å². The Morgan fingerprint density at radius 3 is 2.77 bits per heavy atom. The normalized spacial score (nSPS) is 22.7. The molecule has 5 heteroatoms. The highest BCUT2D eigenvalue weighted by molar-refractivity contribution is 5.98. The molecule has 1 spiro atoms. The molecule has 0 bridgehead atoms. The Labute approximate surface area is 154 Å². The number of pyridine rings is 1. The Hall–Kier alpha value is -1.98. The van der Waals surface area contributed by atoms with Gasteiger partial charge in [-0.1, -0.05) is 6.07 Å². The van der Waals surface area contributed by atoms with Crippen molar-refractivity contribution in [2.45, 2.75) is 51.2 Å². The fourth-order valence-electron chi connectivity index (χ4n) is 4.36. The van der Waals surface area contributed by atoms with E-state index in [9.17, 15) is 9.90 Å². The van der Waals surface area contributed by atoms with Crippen molar-refractivity contribution >= 4 is 16.8 Å². The maximum Gasteiger partial charge on any atom is 0.253 e. The minimum absolute atomic E-state index is 0.0352. The topological polar surface area (TPSA) is 62.7 Å². The summed E-state index contributed by atoms with van der Waals surface area (Å²) in [6.45, 7) is 5.99. The molecule has 2 saturated heterocycles. The van der Waals surface area contributed by atoms with Crippen LogP contribution >= 0.6 is 0 Å². The molecular formula is C21H26N2O3. The van der Waals surface area contributed by atoms with Gasteiger partial charge in [0.1, 0.15) is 0 Å². The van der Waals surface area contributed by atoms with Crippen molar-refractivity contribution in [3.8, 4) is 0 Å². The molecule has 0 radical (unpaired) electrons. The maximum absolute atomic E-state index is 13.0. The van der Waals surface area contributed by atoms with E-state index in [4.69, 9.17) is 4.74 Å². The summed E-state index contributed by atoms with van der Waals surface area (Å²) in [6.07, 6.45) is 2.69. The SMILES string of the molecule is Cc1cc(C)c2ccc(C(=O)N3CCC4(CC3)OCCC[C@H]4O)cc2n1. The number of fused-ring (bicyclic) bond motifs is 1. The van der Waals surface area contributed by atoms with E-state index >= 15 is 0 Å². The summed E-state index contributed by atoms with van der Waals surface area (Å²) >= 11 is 0. The minimum atomic E-state index is -0.450. The lowest BCUT2D eigenvalue weighted by atomic mass is 9.82. The highest BCUT2D eigenvalue weighted by Gasteiger charge is 2.44. The molecule has 26 heavy (non-hydrogen) atoms. The van der Waals surface area contributed by atoms with Crippen molar-refractivity contribution in [1.29, 1.82) is 0 Å². The van der Waals surface area contributed by atoms with Crippen LogP contribution in [0.4, 0.5) is 0 Å². The second-order valence-corrected chi connectivity index (χ2v) is 7.68. The third-order valence-corrected chi connectivity index (χ3v) is 5.91. The van der Waals surface area contributed by atoms with Gasteiger partial charge in [0.15, 0.2) is 0 Å². The van der Waals surface area contributed by atoms with Gasteiger partial charge in [-0.25, -0.2) is 0 Å². The number of amides is 1. The molecule has 1 atom stereocenters. The van der Waals surface area contributed by atoms with E-state index in [-0.39, 0.29) is 5.91 Å². The van der Waals surface area contributed by atoms with Gasteiger partial charge in [-0.05, 0) is 63.3 Å². The average Bonchev–Trinajstić information content (AvgIpc) is 2.64. The highest BCUT2D eigenvalue weighted by atomic mass is 16.5. The Balaban J connectivity index is 1.52. The summed E-state index contributed by atoms with van der Waals surface area (Å²) in [4.78, 5) is 19.4. The fourth-order valence-corrected chi connectivity index (χ4v) is 4.36. The molecule has 1 N–H and O–H groups in total. The first kappa shape index (κ1) is 17.4. The molecular weight excluding hydrogens is 328 g/mol. The number of carbonyl (C=O) groups is 1. The highest BCUT2D eigenvalue weighted by Crippen LogP contribution is 2.35. The van der Waals surface area contributed by atoms with E-state index in [1.165, 1.54) is 5.56 Å². The van der Waals surface area contributed by atoms with Crippen LogP contribution in [0.1, 0.15) is 47.3 Å². The molecule has 0 saturated carbocycles. The summed E-state index contributed by atoms with van der Waals surface area (Å²) in [5, 5.41) is 11.4. The number of nitrogens with zero attached hydrogens (tertiary/aromatic N) is 2. The Morgan fingerprint density at radius 1 is 1.27 bits per heavy atom. The van der Waals surface area contributed by atoms with E-state index in [1.807, 2.05) is 30.0 Å². The standard InChI is InChI=1S/C21H26N2O3/c1-14-12-15(2)22-18-13-16(5-6-17(14)18)20(25)23-9-7-21(8-10-23)19(24)4-3-11-26-21/h5-6,12-13,19,24H,3-4,7-11H2,1-2H3/t19-/m1/s1. The van der Waals surface area contributed by atoms with Crippen LogP contribution in [0.3, 0.4) is 0 Å². The first-order valence-electron chi connectivity index (χ1n) is 9.48. The molecule has 3 heterocycles. The van der Waals surface area contributed by atoms with Gasteiger partial charge in [0, 0.05) is 36.3 Å². The lowest BCUT2D eigenvalue weighted by Crippen LogP contribution is -2.56. The zero-order valence-electron chi connectivity index (χ0n) is 15.5. The first-order valence-corrected chi connectivity index (χ1v) is 9.48.